The highest BCUT2D eigenvalue weighted by molar-refractivity contribution is 6.04. The molecule has 1 atom stereocenters. The van der Waals surface area contributed by atoms with Crippen LogP contribution in [0.15, 0.2) is 60.8 Å². The van der Waals surface area contributed by atoms with E-state index < -0.39 is 5.60 Å². The van der Waals surface area contributed by atoms with Gasteiger partial charge in [0.15, 0.2) is 5.78 Å². The van der Waals surface area contributed by atoms with Crippen LogP contribution in [0, 0.1) is 5.92 Å². The van der Waals surface area contributed by atoms with Gasteiger partial charge in [0.05, 0.1) is 34.9 Å². The molecule has 0 radical (unpaired) electrons. The molecule has 2 aromatic heterocycles. The minimum absolute atomic E-state index is 0.0543. The van der Waals surface area contributed by atoms with Gasteiger partial charge in [0.1, 0.15) is 11.4 Å². The highest BCUT2D eigenvalue weighted by atomic mass is 16.5. The summed E-state index contributed by atoms with van der Waals surface area (Å²) < 4.78 is 5.99. The van der Waals surface area contributed by atoms with Crippen molar-refractivity contribution in [2.75, 3.05) is 0 Å². The lowest BCUT2D eigenvalue weighted by Crippen LogP contribution is -2.35. The standard InChI is InChI=1S/C28H26N4O3/c1-28(2)15-23(33)20-13-17(9-11-24(20)35-28)25-19-14-18(8-10-21(19)31-32-25)27(34)30-26(16-6-7-16)22-5-3-4-12-29-22/h3-5,8-14,16,26H,6-7,15H2,1-2H3,(H,30,34)(H,31,32). The van der Waals surface area contributed by atoms with Crippen LogP contribution < -0.4 is 10.1 Å². The Morgan fingerprint density at radius 1 is 1.14 bits per heavy atom. The molecule has 3 heterocycles. The normalized spacial score (nSPS) is 17.5. The van der Waals surface area contributed by atoms with Crippen molar-refractivity contribution >= 4 is 22.6 Å². The quantitative estimate of drug-likeness (QED) is 0.419. The minimum atomic E-state index is -0.513. The highest BCUT2D eigenvalue weighted by Crippen LogP contribution is 2.41. The fourth-order valence-electron chi connectivity index (χ4n) is 4.82. The third-order valence-electron chi connectivity index (χ3n) is 6.74. The summed E-state index contributed by atoms with van der Waals surface area (Å²) in [6.45, 7) is 3.83. The summed E-state index contributed by atoms with van der Waals surface area (Å²) in [5.74, 6) is 0.925. The van der Waals surface area contributed by atoms with E-state index in [9.17, 15) is 9.59 Å². The third-order valence-corrected chi connectivity index (χ3v) is 6.74. The van der Waals surface area contributed by atoms with Crippen molar-refractivity contribution in [1.82, 2.24) is 20.5 Å². The second-order valence-electron chi connectivity index (χ2n) is 10.0. The molecule has 4 aromatic rings. The monoisotopic (exact) mass is 466 g/mol. The maximum Gasteiger partial charge on any atom is 0.251 e. The van der Waals surface area contributed by atoms with Crippen LogP contribution in [-0.2, 0) is 0 Å². The molecule has 7 heteroatoms. The average molecular weight is 467 g/mol. The predicted molar refractivity (Wildman–Crippen MR) is 132 cm³/mol. The molecule has 2 N–H and O–H groups in total. The molecule has 1 saturated carbocycles. The molecule has 7 nitrogen and oxygen atoms in total. The van der Waals surface area contributed by atoms with Crippen molar-refractivity contribution < 1.29 is 14.3 Å². The number of carbonyl (C=O) groups excluding carboxylic acids is 2. The number of H-pyrrole nitrogens is 1. The molecule has 35 heavy (non-hydrogen) atoms. The van der Waals surface area contributed by atoms with Gasteiger partial charge in [-0.2, -0.15) is 5.10 Å². The maximum atomic E-state index is 13.2. The van der Waals surface area contributed by atoms with Gasteiger partial charge >= 0.3 is 0 Å². The Balaban J connectivity index is 1.32. The number of rotatable bonds is 5. The summed E-state index contributed by atoms with van der Waals surface area (Å²) in [7, 11) is 0. The summed E-state index contributed by atoms with van der Waals surface area (Å²) in [6.07, 6.45) is 4.26. The first kappa shape index (κ1) is 21.5. The number of hydrogen-bond donors (Lipinski definition) is 2. The largest absolute Gasteiger partial charge is 0.487 e. The SMILES string of the molecule is CC1(C)CC(=O)c2cc(-c3n[nH]c4ccc(C(=O)NC(c5ccccn5)C5CC5)cc34)ccc2O1. The summed E-state index contributed by atoms with van der Waals surface area (Å²) >= 11 is 0. The van der Waals surface area contributed by atoms with Gasteiger partial charge in [-0.3, -0.25) is 19.7 Å². The number of carbonyl (C=O) groups is 2. The van der Waals surface area contributed by atoms with Crippen LogP contribution in [0.25, 0.3) is 22.2 Å². The average Bonchev–Trinajstić information content (AvgIpc) is 3.60. The lowest BCUT2D eigenvalue weighted by molar-refractivity contribution is 0.0620. The van der Waals surface area contributed by atoms with Gasteiger partial charge in [0.25, 0.3) is 5.91 Å². The van der Waals surface area contributed by atoms with Gasteiger partial charge in [-0.05, 0) is 81.1 Å². The van der Waals surface area contributed by atoms with Gasteiger partial charge in [-0.25, -0.2) is 0 Å². The Morgan fingerprint density at radius 2 is 2.00 bits per heavy atom. The summed E-state index contributed by atoms with van der Waals surface area (Å²) in [6, 6.07) is 16.8. The van der Waals surface area contributed by atoms with Crippen molar-refractivity contribution in [1.29, 1.82) is 0 Å². The van der Waals surface area contributed by atoms with Gasteiger partial charge in [-0.15, -0.1) is 0 Å². The first-order valence-corrected chi connectivity index (χ1v) is 11.9. The molecular formula is C28H26N4O3. The van der Waals surface area contributed by atoms with Crippen LogP contribution in [0.1, 0.15) is 65.6 Å². The molecule has 1 aliphatic carbocycles. The molecule has 2 aromatic carbocycles. The van der Waals surface area contributed by atoms with E-state index in [-0.39, 0.29) is 17.7 Å². The zero-order valence-corrected chi connectivity index (χ0v) is 19.7. The number of hydrogen-bond acceptors (Lipinski definition) is 5. The molecule has 0 spiro atoms. The van der Waals surface area contributed by atoms with Crippen LogP contribution >= 0.6 is 0 Å². The first-order chi connectivity index (χ1) is 16.9. The first-order valence-electron chi connectivity index (χ1n) is 11.9. The fourth-order valence-corrected chi connectivity index (χ4v) is 4.82. The Hall–Kier alpha value is -4.00. The molecule has 1 aliphatic heterocycles. The van der Waals surface area contributed by atoms with E-state index in [4.69, 9.17) is 4.74 Å². The smallest absolute Gasteiger partial charge is 0.251 e. The highest BCUT2D eigenvalue weighted by Gasteiger charge is 2.35. The van der Waals surface area contributed by atoms with Crippen molar-refractivity contribution in [3.05, 3.63) is 77.6 Å². The number of nitrogens with one attached hydrogen (secondary N) is 2. The number of Topliss-reactive ketones (excluding diaryl/α,β-unsaturated/α-hetero) is 1. The number of ether oxygens (including phenoxy) is 1. The Morgan fingerprint density at radius 3 is 2.77 bits per heavy atom. The number of ketones is 1. The van der Waals surface area contributed by atoms with Crippen molar-refractivity contribution in [3.8, 4) is 17.0 Å². The number of amides is 1. The summed E-state index contributed by atoms with van der Waals surface area (Å²) in [4.78, 5) is 30.4. The number of nitrogens with zero attached hydrogens (tertiary/aromatic N) is 2. The van der Waals surface area contributed by atoms with Crippen molar-refractivity contribution in [2.45, 2.75) is 44.8 Å². The Bertz CT molecular complexity index is 1450. The zero-order valence-electron chi connectivity index (χ0n) is 19.7. The molecule has 6 rings (SSSR count). The van der Waals surface area contributed by atoms with Crippen LogP contribution in [-0.4, -0.2) is 32.5 Å². The Labute approximate surface area is 202 Å². The molecule has 0 saturated heterocycles. The van der Waals surface area contributed by atoms with E-state index in [1.807, 2.05) is 62.4 Å². The van der Waals surface area contributed by atoms with Crippen molar-refractivity contribution in [2.24, 2.45) is 5.92 Å². The number of aromatic nitrogens is 3. The second-order valence-corrected chi connectivity index (χ2v) is 10.0. The molecular weight excluding hydrogens is 440 g/mol. The van der Waals surface area contributed by atoms with E-state index in [0.29, 0.717) is 34.9 Å². The predicted octanol–water partition coefficient (Wildman–Crippen LogP) is 5.25. The van der Waals surface area contributed by atoms with Gasteiger partial charge in [0, 0.05) is 22.7 Å². The molecule has 1 fully saturated rings. The molecule has 1 amide bonds. The van der Waals surface area contributed by atoms with E-state index in [2.05, 4.69) is 20.5 Å². The van der Waals surface area contributed by atoms with Gasteiger partial charge < -0.3 is 10.1 Å². The van der Waals surface area contributed by atoms with E-state index >= 15 is 0 Å². The lowest BCUT2D eigenvalue weighted by atomic mass is 9.91. The number of aromatic amines is 1. The van der Waals surface area contributed by atoms with E-state index in [1.54, 1.807) is 12.3 Å². The van der Waals surface area contributed by atoms with E-state index in [0.717, 1.165) is 35.0 Å². The van der Waals surface area contributed by atoms with Gasteiger partial charge in [-0.1, -0.05) is 6.07 Å². The third kappa shape index (κ3) is 4.07. The number of benzene rings is 2. The summed E-state index contributed by atoms with van der Waals surface area (Å²) in [5, 5.41) is 11.6. The minimum Gasteiger partial charge on any atom is -0.487 e. The topological polar surface area (TPSA) is 97.0 Å². The van der Waals surface area contributed by atoms with Crippen LogP contribution in [0.5, 0.6) is 5.75 Å². The van der Waals surface area contributed by atoms with Crippen LogP contribution in [0.3, 0.4) is 0 Å². The lowest BCUT2D eigenvalue weighted by Gasteiger charge is -2.31. The fraction of sp³-hybridized carbons (Fsp3) is 0.286. The van der Waals surface area contributed by atoms with Gasteiger partial charge in [0.2, 0.25) is 0 Å². The molecule has 2 aliphatic rings. The molecule has 0 bridgehead atoms. The number of fused-ring (bicyclic) bond motifs is 2. The van der Waals surface area contributed by atoms with E-state index in [1.165, 1.54) is 0 Å². The van der Waals surface area contributed by atoms with Crippen LogP contribution in [0.4, 0.5) is 0 Å². The van der Waals surface area contributed by atoms with Crippen molar-refractivity contribution in [3.63, 3.8) is 0 Å². The second kappa shape index (κ2) is 8.05. The Kier molecular flexibility index (Phi) is 4.95. The van der Waals surface area contributed by atoms with Crippen LogP contribution in [0.2, 0.25) is 0 Å². The molecule has 1 unspecified atom stereocenters. The molecule has 176 valence electrons. The summed E-state index contributed by atoms with van der Waals surface area (Å²) in [5.41, 5.74) is 3.81. The number of pyridine rings is 1. The zero-order chi connectivity index (χ0) is 24.2. The maximum absolute atomic E-state index is 13.2.